The number of hydrogen-bond acceptors (Lipinski definition) is 2. The predicted molar refractivity (Wildman–Crippen MR) is 102 cm³/mol. The van der Waals surface area contributed by atoms with Crippen molar-refractivity contribution in [2.24, 2.45) is 0 Å². The molecule has 0 fully saturated rings. The van der Waals surface area contributed by atoms with Gasteiger partial charge in [-0.05, 0) is 53.9 Å². The number of fused-ring (bicyclic) bond motifs is 1. The third-order valence-electron chi connectivity index (χ3n) is 4.21. The Hall–Kier alpha value is -3.13. The summed E-state index contributed by atoms with van der Waals surface area (Å²) in [4.78, 5) is 4.54. The third-order valence-corrected chi connectivity index (χ3v) is 4.21. The zero-order valence-corrected chi connectivity index (χ0v) is 13.5. The van der Waals surface area contributed by atoms with Crippen molar-refractivity contribution in [3.05, 3.63) is 90.6 Å². The molecule has 0 radical (unpaired) electrons. The van der Waals surface area contributed by atoms with Gasteiger partial charge in [0, 0.05) is 23.0 Å². The van der Waals surface area contributed by atoms with Gasteiger partial charge in [0.2, 0.25) is 0 Å². The van der Waals surface area contributed by atoms with Gasteiger partial charge in [-0.25, -0.2) is 0 Å². The van der Waals surface area contributed by atoms with E-state index in [-0.39, 0.29) is 0 Å². The van der Waals surface area contributed by atoms with Crippen LogP contribution >= 0.6 is 0 Å². The van der Waals surface area contributed by atoms with Crippen molar-refractivity contribution in [2.75, 3.05) is 5.32 Å². The average molecular weight is 310 g/mol. The van der Waals surface area contributed by atoms with E-state index in [1.54, 1.807) is 0 Å². The molecule has 0 aliphatic heterocycles. The lowest BCUT2D eigenvalue weighted by Gasteiger charge is -2.11. The summed E-state index contributed by atoms with van der Waals surface area (Å²) in [6.45, 7) is 2.10. The molecule has 116 valence electrons. The van der Waals surface area contributed by atoms with Crippen molar-refractivity contribution >= 4 is 22.3 Å². The molecule has 3 aromatic carbocycles. The standard InChI is InChI=1S/C22H18N2/c1-16-7-5-12-21-20(13-14-23-22(16)21)17-8-6-11-19(15-17)24-18-9-3-2-4-10-18/h2-15,24H,1H3. The minimum absolute atomic E-state index is 1.07. The minimum Gasteiger partial charge on any atom is -0.356 e. The molecule has 24 heavy (non-hydrogen) atoms. The molecule has 4 rings (SSSR count). The van der Waals surface area contributed by atoms with Crippen molar-refractivity contribution in [1.82, 2.24) is 4.98 Å². The molecule has 0 atom stereocenters. The number of rotatable bonds is 3. The number of nitrogens with zero attached hydrogens (tertiary/aromatic N) is 1. The highest BCUT2D eigenvalue weighted by molar-refractivity contribution is 5.96. The lowest BCUT2D eigenvalue weighted by atomic mass is 9.99. The van der Waals surface area contributed by atoms with Gasteiger partial charge >= 0.3 is 0 Å². The van der Waals surface area contributed by atoms with E-state index in [4.69, 9.17) is 0 Å². The Kier molecular flexibility index (Phi) is 3.72. The Morgan fingerprint density at radius 2 is 1.54 bits per heavy atom. The summed E-state index contributed by atoms with van der Waals surface area (Å²) < 4.78 is 0. The van der Waals surface area contributed by atoms with Gasteiger partial charge in [-0.3, -0.25) is 4.98 Å². The average Bonchev–Trinajstić information content (AvgIpc) is 2.63. The second kappa shape index (κ2) is 6.17. The lowest BCUT2D eigenvalue weighted by Crippen LogP contribution is -1.91. The number of pyridine rings is 1. The molecule has 0 amide bonds. The van der Waals surface area contributed by atoms with Crippen LogP contribution in [0.5, 0.6) is 0 Å². The fourth-order valence-corrected chi connectivity index (χ4v) is 3.03. The first kappa shape index (κ1) is 14.5. The third kappa shape index (κ3) is 2.74. The van der Waals surface area contributed by atoms with Crippen LogP contribution in [0.15, 0.2) is 85.1 Å². The van der Waals surface area contributed by atoms with E-state index < -0.39 is 0 Å². The lowest BCUT2D eigenvalue weighted by molar-refractivity contribution is 1.37. The van der Waals surface area contributed by atoms with Crippen LogP contribution in [-0.4, -0.2) is 4.98 Å². The summed E-state index contributed by atoms with van der Waals surface area (Å²) in [6, 6.07) is 27.2. The maximum Gasteiger partial charge on any atom is 0.0737 e. The van der Waals surface area contributed by atoms with E-state index in [9.17, 15) is 0 Å². The van der Waals surface area contributed by atoms with Crippen molar-refractivity contribution in [1.29, 1.82) is 0 Å². The fourth-order valence-electron chi connectivity index (χ4n) is 3.03. The number of hydrogen-bond donors (Lipinski definition) is 1. The minimum atomic E-state index is 1.07. The molecule has 0 saturated heterocycles. The number of para-hydroxylation sites is 2. The normalized spacial score (nSPS) is 10.7. The number of aryl methyl sites for hydroxylation is 1. The molecular weight excluding hydrogens is 292 g/mol. The summed E-state index contributed by atoms with van der Waals surface area (Å²) in [7, 11) is 0. The topological polar surface area (TPSA) is 24.9 Å². The van der Waals surface area contributed by atoms with Crippen LogP contribution < -0.4 is 5.32 Å². The first-order chi connectivity index (χ1) is 11.8. The molecule has 0 aliphatic carbocycles. The Morgan fingerprint density at radius 1 is 0.750 bits per heavy atom. The smallest absolute Gasteiger partial charge is 0.0737 e. The second-order valence-corrected chi connectivity index (χ2v) is 5.90. The molecule has 0 aliphatic rings. The van der Waals surface area contributed by atoms with E-state index in [1.807, 2.05) is 24.4 Å². The van der Waals surface area contributed by atoms with Crippen LogP contribution in [0.4, 0.5) is 11.4 Å². The zero-order chi connectivity index (χ0) is 16.4. The number of aromatic nitrogens is 1. The van der Waals surface area contributed by atoms with Crippen LogP contribution in [0, 0.1) is 6.92 Å². The van der Waals surface area contributed by atoms with Crippen molar-refractivity contribution in [3.8, 4) is 11.1 Å². The van der Waals surface area contributed by atoms with Crippen LogP contribution in [0.3, 0.4) is 0 Å². The molecular formula is C22H18N2. The molecule has 1 N–H and O–H groups in total. The first-order valence-corrected chi connectivity index (χ1v) is 8.08. The van der Waals surface area contributed by atoms with Crippen LogP contribution in [-0.2, 0) is 0 Å². The van der Waals surface area contributed by atoms with E-state index in [0.29, 0.717) is 0 Å². The molecule has 0 saturated carbocycles. The largest absolute Gasteiger partial charge is 0.356 e. The number of benzene rings is 3. The highest BCUT2D eigenvalue weighted by atomic mass is 14.9. The summed E-state index contributed by atoms with van der Waals surface area (Å²) in [5.41, 5.74) is 6.83. The Bertz CT molecular complexity index is 991. The fraction of sp³-hybridized carbons (Fsp3) is 0.0455. The van der Waals surface area contributed by atoms with Crippen LogP contribution in [0.1, 0.15) is 5.56 Å². The van der Waals surface area contributed by atoms with Gasteiger partial charge in [-0.2, -0.15) is 0 Å². The first-order valence-electron chi connectivity index (χ1n) is 8.08. The van der Waals surface area contributed by atoms with Crippen molar-refractivity contribution in [3.63, 3.8) is 0 Å². The summed E-state index contributed by atoms with van der Waals surface area (Å²) >= 11 is 0. The number of anilines is 2. The van der Waals surface area contributed by atoms with Gasteiger partial charge in [0.05, 0.1) is 5.52 Å². The molecule has 1 aromatic heterocycles. The maximum absolute atomic E-state index is 4.54. The monoisotopic (exact) mass is 310 g/mol. The molecule has 4 aromatic rings. The van der Waals surface area contributed by atoms with E-state index >= 15 is 0 Å². The Balaban J connectivity index is 1.78. The predicted octanol–water partition coefficient (Wildman–Crippen LogP) is 5.95. The highest BCUT2D eigenvalue weighted by Gasteiger charge is 2.07. The van der Waals surface area contributed by atoms with Gasteiger partial charge < -0.3 is 5.32 Å². The number of nitrogens with one attached hydrogen (secondary N) is 1. The van der Waals surface area contributed by atoms with E-state index in [1.165, 1.54) is 22.1 Å². The zero-order valence-electron chi connectivity index (χ0n) is 13.5. The van der Waals surface area contributed by atoms with Crippen molar-refractivity contribution < 1.29 is 0 Å². The maximum atomic E-state index is 4.54. The Labute approximate surface area is 141 Å². The molecule has 2 heteroatoms. The summed E-state index contributed by atoms with van der Waals surface area (Å²) in [5, 5.41) is 4.65. The van der Waals surface area contributed by atoms with Gasteiger partial charge in [0.25, 0.3) is 0 Å². The summed E-state index contributed by atoms with van der Waals surface area (Å²) in [6.07, 6.45) is 1.89. The van der Waals surface area contributed by atoms with Gasteiger partial charge in [-0.1, -0.05) is 48.5 Å². The van der Waals surface area contributed by atoms with Crippen LogP contribution in [0.25, 0.3) is 22.0 Å². The molecule has 1 heterocycles. The van der Waals surface area contributed by atoms with E-state index in [2.05, 4.69) is 77.9 Å². The van der Waals surface area contributed by atoms with E-state index in [0.717, 1.165) is 16.9 Å². The second-order valence-electron chi connectivity index (χ2n) is 5.90. The van der Waals surface area contributed by atoms with Crippen LogP contribution in [0.2, 0.25) is 0 Å². The molecule has 0 unspecified atom stereocenters. The van der Waals surface area contributed by atoms with Gasteiger partial charge in [-0.15, -0.1) is 0 Å². The highest BCUT2D eigenvalue weighted by Crippen LogP contribution is 2.30. The van der Waals surface area contributed by atoms with Crippen molar-refractivity contribution in [2.45, 2.75) is 6.92 Å². The van der Waals surface area contributed by atoms with Gasteiger partial charge in [0.1, 0.15) is 0 Å². The molecule has 2 nitrogen and oxygen atoms in total. The Morgan fingerprint density at radius 3 is 2.42 bits per heavy atom. The van der Waals surface area contributed by atoms with Gasteiger partial charge in [0.15, 0.2) is 0 Å². The molecule has 0 spiro atoms. The summed E-state index contributed by atoms with van der Waals surface area (Å²) in [5.74, 6) is 0. The SMILES string of the molecule is Cc1cccc2c(-c3cccc(Nc4ccccc4)c3)ccnc12. The molecule has 0 bridgehead atoms. The quantitative estimate of drug-likeness (QED) is 0.505.